The third-order valence-corrected chi connectivity index (χ3v) is 3.94. The van der Waals surface area contributed by atoms with Crippen LogP contribution in [0.5, 0.6) is 0 Å². The Kier molecular flexibility index (Phi) is 3.41. The van der Waals surface area contributed by atoms with Gasteiger partial charge in [-0.1, -0.05) is 29.3 Å². The summed E-state index contributed by atoms with van der Waals surface area (Å²) in [5.74, 6) is -0.902. The van der Waals surface area contributed by atoms with Gasteiger partial charge in [-0.05, 0) is 17.7 Å². The van der Waals surface area contributed by atoms with E-state index in [1.165, 1.54) is 0 Å². The van der Waals surface area contributed by atoms with Crippen LogP contribution in [0.1, 0.15) is 23.0 Å². The van der Waals surface area contributed by atoms with Gasteiger partial charge in [0, 0.05) is 22.2 Å². The third kappa shape index (κ3) is 2.28. The molecule has 0 fully saturated rings. The molecule has 0 saturated heterocycles. The van der Waals surface area contributed by atoms with E-state index in [0.717, 1.165) is 17.0 Å². The second-order valence-electron chi connectivity index (χ2n) is 4.63. The lowest BCUT2D eigenvalue weighted by Gasteiger charge is -2.28. The van der Waals surface area contributed by atoms with E-state index >= 15 is 0 Å². The third-order valence-electron chi connectivity index (χ3n) is 3.37. The highest BCUT2D eigenvalue weighted by Gasteiger charge is 2.33. The maximum absolute atomic E-state index is 11.3. The van der Waals surface area contributed by atoms with Crippen LogP contribution >= 0.6 is 23.2 Å². The van der Waals surface area contributed by atoms with Gasteiger partial charge in [-0.25, -0.2) is 4.98 Å². The fourth-order valence-electron chi connectivity index (χ4n) is 2.42. The molecule has 0 aliphatic carbocycles. The van der Waals surface area contributed by atoms with Gasteiger partial charge in [-0.15, -0.1) is 0 Å². The van der Waals surface area contributed by atoms with E-state index in [-0.39, 0.29) is 6.04 Å². The first-order valence-electron chi connectivity index (χ1n) is 6.02. The number of carboxylic acid groups (broad SMARTS) is 1. The Morgan fingerprint density at radius 3 is 2.90 bits per heavy atom. The quantitative estimate of drug-likeness (QED) is 0.796. The second kappa shape index (κ2) is 5.09. The summed E-state index contributed by atoms with van der Waals surface area (Å²) in [7, 11) is 0. The van der Waals surface area contributed by atoms with E-state index in [0.29, 0.717) is 16.5 Å². The van der Waals surface area contributed by atoms with Crippen LogP contribution in [0.15, 0.2) is 24.5 Å². The van der Waals surface area contributed by atoms with E-state index in [4.69, 9.17) is 23.2 Å². The number of nitrogens with zero attached hydrogens (tertiary/aromatic N) is 1. The number of aliphatic carboxylic acids is 1. The summed E-state index contributed by atoms with van der Waals surface area (Å²) in [6.07, 6.45) is 1.93. The number of hydrogen-bond donors (Lipinski definition) is 3. The Hall–Kier alpha value is -1.56. The molecular formula is C13H11Cl2N3O2. The molecule has 5 nitrogen and oxygen atoms in total. The molecule has 3 rings (SSSR count). The van der Waals surface area contributed by atoms with Crippen molar-refractivity contribution in [2.45, 2.75) is 18.5 Å². The smallest absolute Gasteiger partial charge is 0.321 e. The van der Waals surface area contributed by atoms with Gasteiger partial charge in [0.15, 0.2) is 0 Å². The molecule has 2 heterocycles. The number of imidazole rings is 1. The first kappa shape index (κ1) is 13.4. The highest BCUT2D eigenvalue weighted by Crippen LogP contribution is 2.33. The SMILES string of the molecule is O=C(O)[C@@H]1Cc2[nH]cnc2[C@@H](c2ccc(Cl)cc2Cl)N1. The summed E-state index contributed by atoms with van der Waals surface area (Å²) in [4.78, 5) is 18.5. The average molecular weight is 312 g/mol. The number of rotatable bonds is 2. The number of benzene rings is 1. The van der Waals surface area contributed by atoms with Gasteiger partial charge in [-0.3, -0.25) is 10.1 Å². The zero-order chi connectivity index (χ0) is 14.3. The maximum atomic E-state index is 11.3. The first-order valence-corrected chi connectivity index (χ1v) is 6.78. The number of carboxylic acids is 1. The van der Waals surface area contributed by atoms with Gasteiger partial charge < -0.3 is 10.1 Å². The number of hydrogen-bond acceptors (Lipinski definition) is 3. The molecule has 104 valence electrons. The molecule has 3 N–H and O–H groups in total. The second-order valence-corrected chi connectivity index (χ2v) is 5.47. The fraction of sp³-hybridized carbons (Fsp3) is 0.231. The molecule has 0 unspecified atom stereocenters. The average Bonchev–Trinajstić information content (AvgIpc) is 2.86. The summed E-state index contributed by atoms with van der Waals surface area (Å²) in [5.41, 5.74) is 2.34. The molecule has 0 spiro atoms. The van der Waals surface area contributed by atoms with Crippen molar-refractivity contribution < 1.29 is 9.90 Å². The number of fused-ring (bicyclic) bond motifs is 1. The zero-order valence-electron chi connectivity index (χ0n) is 10.2. The topological polar surface area (TPSA) is 78.0 Å². The lowest BCUT2D eigenvalue weighted by Crippen LogP contribution is -2.45. The molecule has 2 aromatic rings. The summed E-state index contributed by atoms with van der Waals surface area (Å²) in [6.45, 7) is 0. The molecule has 0 bridgehead atoms. The van der Waals surface area contributed by atoms with E-state index < -0.39 is 12.0 Å². The number of aromatic amines is 1. The molecule has 1 aromatic carbocycles. The molecule has 1 aromatic heterocycles. The van der Waals surface area contributed by atoms with Crippen molar-refractivity contribution in [3.63, 3.8) is 0 Å². The molecule has 1 aliphatic heterocycles. The Bertz CT molecular complexity index is 671. The van der Waals surface area contributed by atoms with Gasteiger partial charge in [0.1, 0.15) is 6.04 Å². The van der Waals surface area contributed by atoms with Gasteiger partial charge in [0.2, 0.25) is 0 Å². The summed E-state index contributed by atoms with van der Waals surface area (Å²) >= 11 is 12.1. The van der Waals surface area contributed by atoms with Crippen molar-refractivity contribution >= 4 is 29.2 Å². The molecule has 0 amide bonds. The minimum absolute atomic E-state index is 0.365. The van der Waals surface area contributed by atoms with Crippen molar-refractivity contribution in [3.05, 3.63) is 51.5 Å². The predicted octanol–water partition coefficient (Wildman–Crippen LogP) is 2.40. The normalized spacial score (nSPS) is 21.5. The Morgan fingerprint density at radius 1 is 1.40 bits per heavy atom. The van der Waals surface area contributed by atoms with Crippen LogP contribution in [0.25, 0.3) is 0 Å². The minimum atomic E-state index is -0.902. The molecule has 20 heavy (non-hydrogen) atoms. The number of nitrogens with one attached hydrogen (secondary N) is 2. The number of halogens is 2. The van der Waals surface area contributed by atoms with Crippen LogP contribution in [-0.2, 0) is 11.2 Å². The van der Waals surface area contributed by atoms with Gasteiger partial charge in [0.05, 0.1) is 18.1 Å². The number of aromatic nitrogens is 2. The lowest BCUT2D eigenvalue weighted by molar-refractivity contribution is -0.139. The van der Waals surface area contributed by atoms with E-state index in [1.807, 2.05) is 0 Å². The Balaban J connectivity index is 2.06. The van der Waals surface area contributed by atoms with Crippen molar-refractivity contribution in [2.75, 3.05) is 0 Å². The van der Waals surface area contributed by atoms with Gasteiger partial charge in [0.25, 0.3) is 0 Å². The number of carbonyl (C=O) groups is 1. The van der Waals surface area contributed by atoms with Crippen LogP contribution in [0.3, 0.4) is 0 Å². The Morgan fingerprint density at radius 2 is 2.20 bits per heavy atom. The number of H-pyrrole nitrogens is 1. The van der Waals surface area contributed by atoms with Crippen molar-refractivity contribution in [1.29, 1.82) is 0 Å². The zero-order valence-corrected chi connectivity index (χ0v) is 11.7. The first-order chi connectivity index (χ1) is 9.56. The van der Waals surface area contributed by atoms with Crippen LogP contribution in [0.4, 0.5) is 0 Å². The molecule has 7 heteroatoms. The minimum Gasteiger partial charge on any atom is -0.480 e. The standard InChI is InChI=1S/C13H11Cl2N3O2/c14-6-1-2-7(8(15)3-6)11-12-9(16-5-17-12)4-10(18-11)13(19)20/h1-3,5,10-11,18H,4H2,(H,16,17)(H,19,20)/t10-,11+/m0/s1. The van der Waals surface area contributed by atoms with Crippen LogP contribution in [0.2, 0.25) is 10.0 Å². The van der Waals surface area contributed by atoms with E-state index in [9.17, 15) is 9.90 Å². The maximum Gasteiger partial charge on any atom is 0.321 e. The summed E-state index contributed by atoms with van der Waals surface area (Å²) in [6, 6.07) is 4.10. The van der Waals surface area contributed by atoms with Gasteiger partial charge >= 0.3 is 5.97 Å². The van der Waals surface area contributed by atoms with Crippen LogP contribution in [0, 0.1) is 0 Å². The highest BCUT2D eigenvalue weighted by atomic mass is 35.5. The van der Waals surface area contributed by atoms with Crippen molar-refractivity contribution in [1.82, 2.24) is 15.3 Å². The van der Waals surface area contributed by atoms with Crippen LogP contribution < -0.4 is 5.32 Å². The monoisotopic (exact) mass is 311 g/mol. The Labute approximate surface area is 124 Å². The van der Waals surface area contributed by atoms with E-state index in [2.05, 4.69) is 15.3 Å². The van der Waals surface area contributed by atoms with Crippen molar-refractivity contribution in [2.24, 2.45) is 0 Å². The lowest BCUT2D eigenvalue weighted by atomic mass is 9.94. The largest absolute Gasteiger partial charge is 0.480 e. The van der Waals surface area contributed by atoms with Crippen LogP contribution in [-0.4, -0.2) is 27.1 Å². The molecule has 0 radical (unpaired) electrons. The molecular weight excluding hydrogens is 301 g/mol. The van der Waals surface area contributed by atoms with Gasteiger partial charge in [-0.2, -0.15) is 0 Å². The molecule has 0 saturated carbocycles. The predicted molar refractivity (Wildman–Crippen MR) is 75.2 cm³/mol. The fourth-order valence-corrected chi connectivity index (χ4v) is 2.94. The molecule has 2 atom stereocenters. The summed E-state index contributed by atoms with van der Waals surface area (Å²) in [5, 5.41) is 13.3. The van der Waals surface area contributed by atoms with E-state index in [1.54, 1.807) is 24.5 Å². The summed E-state index contributed by atoms with van der Waals surface area (Å²) < 4.78 is 0. The highest BCUT2D eigenvalue weighted by molar-refractivity contribution is 6.35. The van der Waals surface area contributed by atoms with Crippen molar-refractivity contribution in [3.8, 4) is 0 Å². The molecule has 1 aliphatic rings.